The van der Waals surface area contributed by atoms with Gasteiger partial charge >= 0.3 is 6.03 Å². The molecule has 3 heteroatoms. The highest BCUT2D eigenvalue weighted by Crippen LogP contribution is 2.22. The molecule has 0 aromatic heterocycles. The molecule has 23 heavy (non-hydrogen) atoms. The Labute approximate surface area is 139 Å². The zero-order valence-electron chi connectivity index (χ0n) is 14.4. The van der Waals surface area contributed by atoms with E-state index in [4.69, 9.17) is 0 Å². The van der Waals surface area contributed by atoms with Crippen LogP contribution in [0.4, 0.5) is 10.5 Å². The van der Waals surface area contributed by atoms with Gasteiger partial charge in [-0.1, -0.05) is 62.7 Å². The van der Waals surface area contributed by atoms with Crippen LogP contribution in [0.15, 0.2) is 48.5 Å². The number of carbonyl (C=O) groups is 1. The fourth-order valence-corrected chi connectivity index (χ4v) is 2.41. The monoisotopic (exact) mass is 310 g/mol. The predicted octanol–water partition coefficient (Wildman–Crippen LogP) is 4.66. The lowest BCUT2D eigenvalue weighted by Crippen LogP contribution is -2.38. The third-order valence-electron chi connectivity index (χ3n) is 4.14. The van der Waals surface area contributed by atoms with E-state index in [9.17, 15) is 4.79 Å². The lowest BCUT2D eigenvalue weighted by atomic mass is 9.84. The first kappa shape index (κ1) is 17.1. The zero-order valence-corrected chi connectivity index (χ0v) is 14.4. The number of rotatable bonds is 5. The topological polar surface area (TPSA) is 41.1 Å². The first-order valence-electron chi connectivity index (χ1n) is 8.11. The van der Waals surface area contributed by atoms with Crippen molar-refractivity contribution in [2.24, 2.45) is 0 Å². The summed E-state index contributed by atoms with van der Waals surface area (Å²) in [5, 5.41) is 5.84. The molecule has 3 nitrogen and oxygen atoms in total. The summed E-state index contributed by atoms with van der Waals surface area (Å²) in [5.41, 5.74) is 4.42. The Morgan fingerprint density at radius 3 is 2.17 bits per heavy atom. The molecule has 0 aliphatic carbocycles. The molecule has 0 bridgehead atoms. The molecule has 0 spiro atoms. The Kier molecular flexibility index (Phi) is 5.43. The van der Waals surface area contributed by atoms with Crippen LogP contribution < -0.4 is 10.6 Å². The van der Waals surface area contributed by atoms with E-state index in [2.05, 4.69) is 62.6 Å². The van der Waals surface area contributed by atoms with E-state index in [1.165, 1.54) is 16.7 Å². The van der Waals surface area contributed by atoms with Crippen LogP contribution in [-0.4, -0.2) is 12.6 Å². The van der Waals surface area contributed by atoms with Crippen molar-refractivity contribution in [3.63, 3.8) is 0 Å². The molecule has 122 valence electrons. The minimum absolute atomic E-state index is 0.114. The fraction of sp³-hybridized carbons (Fsp3) is 0.350. The highest BCUT2D eigenvalue weighted by Gasteiger charge is 2.21. The summed E-state index contributed by atoms with van der Waals surface area (Å²) in [6.45, 7) is 9.03. The molecular weight excluding hydrogens is 284 g/mol. The van der Waals surface area contributed by atoms with Crippen molar-refractivity contribution >= 4 is 11.7 Å². The maximum Gasteiger partial charge on any atom is 0.319 e. The zero-order chi connectivity index (χ0) is 16.9. The van der Waals surface area contributed by atoms with E-state index in [0.29, 0.717) is 6.54 Å². The Morgan fingerprint density at radius 1 is 1.00 bits per heavy atom. The first-order chi connectivity index (χ1) is 10.9. The summed E-state index contributed by atoms with van der Waals surface area (Å²) in [5.74, 6) is 0. The third-order valence-corrected chi connectivity index (χ3v) is 4.14. The average Bonchev–Trinajstić information content (AvgIpc) is 2.54. The van der Waals surface area contributed by atoms with Gasteiger partial charge in [-0.2, -0.15) is 0 Å². The highest BCUT2D eigenvalue weighted by atomic mass is 16.2. The van der Waals surface area contributed by atoms with Crippen LogP contribution in [-0.2, 0) is 11.8 Å². The van der Waals surface area contributed by atoms with Gasteiger partial charge in [-0.3, -0.25) is 0 Å². The van der Waals surface area contributed by atoms with Gasteiger partial charge in [0.2, 0.25) is 0 Å². The molecule has 0 fully saturated rings. The smallest absolute Gasteiger partial charge is 0.319 e. The van der Waals surface area contributed by atoms with Crippen LogP contribution in [0.5, 0.6) is 0 Å². The van der Waals surface area contributed by atoms with Crippen LogP contribution >= 0.6 is 0 Å². The van der Waals surface area contributed by atoms with Crippen molar-refractivity contribution in [2.45, 2.75) is 39.5 Å². The number of aryl methyl sites for hydroxylation is 2. The molecule has 0 atom stereocenters. The van der Waals surface area contributed by atoms with Gasteiger partial charge in [-0.15, -0.1) is 0 Å². The number of hydrogen-bond donors (Lipinski definition) is 2. The predicted molar refractivity (Wildman–Crippen MR) is 97.0 cm³/mol. The third kappa shape index (κ3) is 4.85. The number of hydrogen-bond acceptors (Lipinski definition) is 1. The second-order valence-corrected chi connectivity index (χ2v) is 6.61. The molecule has 0 aliphatic rings. The van der Waals surface area contributed by atoms with Crippen molar-refractivity contribution in [3.8, 4) is 0 Å². The van der Waals surface area contributed by atoms with E-state index >= 15 is 0 Å². The molecule has 2 N–H and O–H groups in total. The Balaban J connectivity index is 1.90. The van der Waals surface area contributed by atoms with Crippen molar-refractivity contribution in [3.05, 3.63) is 65.2 Å². The number of anilines is 1. The number of nitrogens with one attached hydrogen (secondary N) is 2. The minimum Gasteiger partial charge on any atom is -0.337 e. The molecule has 0 heterocycles. The number of amides is 2. The van der Waals surface area contributed by atoms with Gasteiger partial charge in [0.25, 0.3) is 0 Å². The summed E-state index contributed by atoms with van der Waals surface area (Å²) >= 11 is 0. The summed E-state index contributed by atoms with van der Waals surface area (Å²) < 4.78 is 0. The molecule has 0 aliphatic heterocycles. The molecule has 0 unspecified atom stereocenters. The molecular formula is C20H26N2O. The molecule has 0 saturated carbocycles. The van der Waals surface area contributed by atoms with Crippen LogP contribution in [0, 0.1) is 6.92 Å². The molecule has 2 aromatic carbocycles. The number of benzene rings is 2. The van der Waals surface area contributed by atoms with Crippen LogP contribution in [0.1, 0.15) is 37.5 Å². The maximum absolute atomic E-state index is 12.1. The molecule has 2 rings (SSSR count). The van der Waals surface area contributed by atoms with Gasteiger partial charge in [0, 0.05) is 17.6 Å². The van der Waals surface area contributed by atoms with E-state index in [0.717, 1.165) is 12.1 Å². The van der Waals surface area contributed by atoms with Gasteiger partial charge in [0.05, 0.1) is 0 Å². The molecule has 2 amide bonds. The fourth-order valence-electron chi connectivity index (χ4n) is 2.41. The average molecular weight is 310 g/mol. The largest absolute Gasteiger partial charge is 0.337 e. The standard InChI is InChI=1S/C20H26N2O/c1-5-16-8-12-18(13-9-16)22-19(23)21-14-20(3,4)17-10-6-15(2)7-11-17/h6-13H,5,14H2,1-4H3,(H2,21,22,23). The summed E-state index contributed by atoms with van der Waals surface area (Å²) in [6, 6.07) is 16.2. The van der Waals surface area contributed by atoms with E-state index < -0.39 is 0 Å². The van der Waals surface area contributed by atoms with Crippen molar-refractivity contribution in [1.82, 2.24) is 5.32 Å². The van der Waals surface area contributed by atoms with E-state index in [1.807, 2.05) is 24.3 Å². The summed E-state index contributed by atoms with van der Waals surface area (Å²) in [7, 11) is 0. The summed E-state index contributed by atoms with van der Waals surface area (Å²) in [4.78, 5) is 12.1. The number of urea groups is 1. The van der Waals surface area contributed by atoms with Gasteiger partial charge in [-0.05, 0) is 36.6 Å². The second-order valence-electron chi connectivity index (χ2n) is 6.61. The normalized spacial score (nSPS) is 11.1. The summed E-state index contributed by atoms with van der Waals surface area (Å²) in [6.07, 6.45) is 0.997. The van der Waals surface area contributed by atoms with Gasteiger partial charge in [-0.25, -0.2) is 4.79 Å². The Hall–Kier alpha value is -2.29. The minimum atomic E-state index is -0.172. The van der Waals surface area contributed by atoms with Crippen LogP contribution in [0.25, 0.3) is 0 Å². The van der Waals surface area contributed by atoms with E-state index in [1.54, 1.807) is 0 Å². The Morgan fingerprint density at radius 2 is 1.61 bits per heavy atom. The van der Waals surface area contributed by atoms with Crippen molar-refractivity contribution in [2.75, 3.05) is 11.9 Å². The van der Waals surface area contributed by atoms with Crippen LogP contribution in [0.3, 0.4) is 0 Å². The lowest BCUT2D eigenvalue weighted by molar-refractivity contribution is 0.249. The maximum atomic E-state index is 12.1. The van der Waals surface area contributed by atoms with Crippen molar-refractivity contribution in [1.29, 1.82) is 0 Å². The van der Waals surface area contributed by atoms with Gasteiger partial charge in [0.1, 0.15) is 0 Å². The highest BCUT2D eigenvalue weighted by molar-refractivity contribution is 5.89. The van der Waals surface area contributed by atoms with E-state index in [-0.39, 0.29) is 11.4 Å². The SMILES string of the molecule is CCc1ccc(NC(=O)NCC(C)(C)c2ccc(C)cc2)cc1. The second kappa shape index (κ2) is 7.32. The quantitative estimate of drug-likeness (QED) is 0.828. The molecule has 0 saturated heterocycles. The first-order valence-corrected chi connectivity index (χ1v) is 8.11. The van der Waals surface area contributed by atoms with Crippen molar-refractivity contribution < 1.29 is 4.79 Å². The molecule has 0 radical (unpaired) electrons. The number of carbonyl (C=O) groups excluding carboxylic acids is 1. The van der Waals surface area contributed by atoms with Gasteiger partial charge < -0.3 is 10.6 Å². The molecule has 2 aromatic rings. The Bertz CT molecular complexity index is 642. The van der Waals surface area contributed by atoms with Gasteiger partial charge in [0.15, 0.2) is 0 Å². The van der Waals surface area contributed by atoms with Crippen LogP contribution in [0.2, 0.25) is 0 Å². The lowest BCUT2D eigenvalue weighted by Gasteiger charge is -2.26.